The molecule has 1 amide bonds. The first kappa shape index (κ1) is 12.5. The van der Waals surface area contributed by atoms with Crippen LogP contribution in [0.5, 0.6) is 0 Å². The summed E-state index contributed by atoms with van der Waals surface area (Å²) in [6.07, 6.45) is 5.39. The predicted octanol–water partition coefficient (Wildman–Crippen LogP) is 1.78. The Morgan fingerprint density at radius 3 is 2.87 bits per heavy atom. The Balaban J connectivity index is 2.29. The first-order valence-electron chi connectivity index (χ1n) is 6.13. The number of carbonyl (C=O) groups is 1. The highest BCUT2D eigenvalue weighted by atomic mass is 16.1. The summed E-state index contributed by atoms with van der Waals surface area (Å²) >= 11 is 0. The highest BCUT2D eigenvalue weighted by Gasteiger charge is 2.21. The van der Waals surface area contributed by atoms with E-state index in [0.717, 1.165) is 13.0 Å². The minimum absolute atomic E-state index is 0.211. The molecule has 0 radical (unpaired) electrons. The summed E-state index contributed by atoms with van der Waals surface area (Å²) in [5.41, 5.74) is 0. The Kier molecular flexibility index (Phi) is 5.09. The van der Waals surface area contributed by atoms with Crippen LogP contribution < -0.4 is 5.32 Å². The second-order valence-electron chi connectivity index (χ2n) is 4.71. The van der Waals surface area contributed by atoms with Crippen LogP contribution in [0.2, 0.25) is 0 Å². The number of hydrogen-bond donors (Lipinski definition) is 1. The van der Waals surface area contributed by atoms with Crippen LogP contribution >= 0.6 is 0 Å². The van der Waals surface area contributed by atoms with Crippen molar-refractivity contribution in [1.82, 2.24) is 10.2 Å². The van der Waals surface area contributed by atoms with Gasteiger partial charge in [0.2, 0.25) is 5.91 Å². The van der Waals surface area contributed by atoms with Crippen LogP contribution in [0, 0.1) is 0 Å². The molecule has 2 unspecified atom stereocenters. The summed E-state index contributed by atoms with van der Waals surface area (Å²) in [5, 5.41) is 3.03. The van der Waals surface area contributed by atoms with Crippen LogP contribution in [0.4, 0.5) is 0 Å². The number of hydrogen-bond acceptors (Lipinski definition) is 2. The van der Waals surface area contributed by atoms with Crippen molar-refractivity contribution in [3.63, 3.8) is 0 Å². The molecule has 1 fully saturated rings. The molecule has 3 nitrogen and oxygen atoms in total. The van der Waals surface area contributed by atoms with E-state index in [2.05, 4.69) is 31.1 Å². The Morgan fingerprint density at radius 2 is 2.27 bits per heavy atom. The van der Waals surface area contributed by atoms with E-state index < -0.39 is 0 Å². The maximum atomic E-state index is 11.7. The van der Waals surface area contributed by atoms with Crippen LogP contribution in [-0.4, -0.2) is 36.5 Å². The fourth-order valence-electron chi connectivity index (χ4n) is 2.05. The Labute approximate surface area is 93.2 Å². The van der Waals surface area contributed by atoms with E-state index in [0.29, 0.717) is 18.5 Å². The van der Waals surface area contributed by atoms with E-state index in [9.17, 15) is 4.79 Å². The van der Waals surface area contributed by atoms with E-state index in [1.807, 2.05) is 0 Å². The van der Waals surface area contributed by atoms with Gasteiger partial charge in [0.05, 0.1) is 0 Å². The molecule has 1 rings (SSSR count). The SMILES string of the molecule is CCC(C)NC(=O)CC1CCCCN1C. The molecule has 1 aliphatic heterocycles. The molecule has 1 heterocycles. The maximum Gasteiger partial charge on any atom is 0.221 e. The number of amides is 1. The first-order chi connectivity index (χ1) is 7.13. The highest BCUT2D eigenvalue weighted by molar-refractivity contribution is 5.76. The Bertz CT molecular complexity index is 206. The van der Waals surface area contributed by atoms with Crippen LogP contribution in [0.1, 0.15) is 46.0 Å². The number of nitrogens with one attached hydrogen (secondary N) is 1. The summed E-state index contributed by atoms with van der Waals surface area (Å²) in [5.74, 6) is 0.211. The summed E-state index contributed by atoms with van der Waals surface area (Å²) in [4.78, 5) is 14.0. The third-order valence-corrected chi connectivity index (χ3v) is 3.36. The summed E-state index contributed by atoms with van der Waals surface area (Å²) in [6.45, 7) is 5.29. The molecule has 1 saturated heterocycles. The van der Waals surface area contributed by atoms with Gasteiger partial charge in [-0.25, -0.2) is 0 Å². The van der Waals surface area contributed by atoms with Crippen molar-refractivity contribution in [3.05, 3.63) is 0 Å². The second-order valence-corrected chi connectivity index (χ2v) is 4.71. The van der Waals surface area contributed by atoms with Gasteiger partial charge in [-0.05, 0) is 39.8 Å². The summed E-state index contributed by atoms with van der Waals surface area (Å²) in [7, 11) is 2.13. The van der Waals surface area contributed by atoms with Gasteiger partial charge in [0, 0.05) is 18.5 Å². The molecule has 1 aliphatic rings. The van der Waals surface area contributed by atoms with Crippen LogP contribution in [0.25, 0.3) is 0 Å². The normalized spacial score (nSPS) is 24.9. The molecular weight excluding hydrogens is 188 g/mol. The number of likely N-dealkylation sites (tertiary alicyclic amines) is 1. The van der Waals surface area contributed by atoms with Crippen molar-refractivity contribution in [1.29, 1.82) is 0 Å². The third-order valence-electron chi connectivity index (χ3n) is 3.36. The van der Waals surface area contributed by atoms with E-state index in [1.165, 1.54) is 19.3 Å². The predicted molar refractivity (Wildman–Crippen MR) is 62.8 cm³/mol. The van der Waals surface area contributed by atoms with Crippen molar-refractivity contribution < 1.29 is 4.79 Å². The molecule has 0 aromatic heterocycles. The fraction of sp³-hybridized carbons (Fsp3) is 0.917. The van der Waals surface area contributed by atoms with Crippen LogP contribution in [0.15, 0.2) is 0 Å². The minimum atomic E-state index is 0.211. The zero-order valence-corrected chi connectivity index (χ0v) is 10.3. The maximum absolute atomic E-state index is 11.7. The van der Waals surface area contributed by atoms with Crippen molar-refractivity contribution in [3.8, 4) is 0 Å². The second kappa shape index (κ2) is 6.11. The molecule has 1 N–H and O–H groups in total. The Morgan fingerprint density at radius 1 is 1.53 bits per heavy atom. The minimum Gasteiger partial charge on any atom is -0.354 e. The van der Waals surface area contributed by atoms with E-state index in [4.69, 9.17) is 0 Å². The lowest BCUT2D eigenvalue weighted by molar-refractivity contribution is -0.123. The molecule has 88 valence electrons. The van der Waals surface area contributed by atoms with Gasteiger partial charge in [0.25, 0.3) is 0 Å². The van der Waals surface area contributed by atoms with Crippen molar-refractivity contribution in [2.45, 2.75) is 58.0 Å². The topological polar surface area (TPSA) is 32.3 Å². The fourth-order valence-corrected chi connectivity index (χ4v) is 2.05. The third kappa shape index (κ3) is 4.20. The monoisotopic (exact) mass is 212 g/mol. The summed E-state index contributed by atoms with van der Waals surface area (Å²) < 4.78 is 0. The number of carbonyl (C=O) groups excluding carboxylic acids is 1. The lowest BCUT2D eigenvalue weighted by Crippen LogP contribution is -2.41. The zero-order valence-electron chi connectivity index (χ0n) is 10.3. The van der Waals surface area contributed by atoms with Crippen molar-refractivity contribution in [2.24, 2.45) is 0 Å². The Hall–Kier alpha value is -0.570. The molecule has 0 bridgehead atoms. The molecule has 2 atom stereocenters. The molecule has 0 aromatic rings. The lowest BCUT2D eigenvalue weighted by atomic mass is 10.00. The van der Waals surface area contributed by atoms with Gasteiger partial charge in [0.15, 0.2) is 0 Å². The van der Waals surface area contributed by atoms with E-state index in [-0.39, 0.29) is 5.91 Å². The van der Waals surface area contributed by atoms with E-state index >= 15 is 0 Å². The van der Waals surface area contributed by atoms with Crippen LogP contribution in [0.3, 0.4) is 0 Å². The average Bonchev–Trinajstić information content (AvgIpc) is 2.21. The summed E-state index contributed by atoms with van der Waals surface area (Å²) in [6, 6.07) is 0.772. The lowest BCUT2D eigenvalue weighted by Gasteiger charge is -2.32. The van der Waals surface area contributed by atoms with Gasteiger partial charge < -0.3 is 10.2 Å². The van der Waals surface area contributed by atoms with Gasteiger partial charge in [-0.3, -0.25) is 4.79 Å². The average molecular weight is 212 g/mol. The largest absolute Gasteiger partial charge is 0.354 e. The van der Waals surface area contributed by atoms with Gasteiger partial charge in [-0.15, -0.1) is 0 Å². The van der Waals surface area contributed by atoms with Crippen molar-refractivity contribution in [2.75, 3.05) is 13.6 Å². The standard InChI is InChI=1S/C12H24N2O/c1-4-10(2)13-12(15)9-11-7-5-6-8-14(11)3/h10-11H,4-9H2,1-3H3,(H,13,15). The molecule has 0 aromatic carbocycles. The van der Waals surface area contributed by atoms with Gasteiger partial charge in [0.1, 0.15) is 0 Å². The number of rotatable bonds is 4. The van der Waals surface area contributed by atoms with Crippen molar-refractivity contribution >= 4 is 5.91 Å². The molecule has 15 heavy (non-hydrogen) atoms. The molecule has 0 spiro atoms. The van der Waals surface area contributed by atoms with Gasteiger partial charge >= 0.3 is 0 Å². The van der Waals surface area contributed by atoms with Gasteiger partial charge in [-0.2, -0.15) is 0 Å². The smallest absolute Gasteiger partial charge is 0.221 e. The molecule has 0 aliphatic carbocycles. The first-order valence-corrected chi connectivity index (χ1v) is 6.13. The van der Waals surface area contributed by atoms with Gasteiger partial charge in [-0.1, -0.05) is 13.3 Å². The molecular formula is C12H24N2O. The zero-order chi connectivity index (χ0) is 11.3. The number of piperidine rings is 1. The molecule has 3 heteroatoms. The van der Waals surface area contributed by atoms with Crippen LogP contribution in [-0.2, 0) is 4.79 Å². The quantitative estimate of drug-likeness (QED) is 0.770. The number of nitrogens with zero attached hydrogens (tertiary/aromatic N) is 1. The highest BCUT2D eigenvalue weighted by Crippen LogP contribution is 2.17. The van der Waals surface area contributed by atoms with E-state index in [1.54, 1.807) is 0 Å². The molecule has 0 saturated carbocycles.